The van der Waals surface area contributed by atoms with Gasteiger partial charge in [0.25, 0.3) is 11.6 Å². The summed E-state index contributed by atoms with van der Waals surface area (Å²) in [6, 6.07) is 10.2. The predicted octanol–water partition coefficient (Wildman–Crippen LogP) is 4.25. The van der Waals surface area contributed by atoms with Crippen LogP contribution in [0.1, 0.15) is 48.2 Å². The Morgan fingerprint density at radius 3 is 2.81 bits per heavy atom. The van der Waals surface area contributed by atoms with E-state index in [4.69, 9.17) is 4.42 Å². The Labute approximate surface area is 156 Å². The Morgan fingerprint density at radius 2 is 2.04 bits per heavy atom. The number of nitro benzene ring substituents is 1. The van der Waals surface area contributed by atoms with Crippen molar-refractivity contribution in [3.8, 4) is 0 Å². The molecular formula is C20H21N3O4. The average Bonchev–Trinajstić information content (AvgIpc) is 3.25. The summed E-state index contributed by atoms with van der Waals surface area (Å²) in [6.45, 7) is 0.359. The third kappa shape index (κ3) is 3.58. The molecule has 7 nitrogen and oxygen atoms in total. The molecule has 1 aromatic carbocycles. The van der Waals surface area contributed by atoms with E-state index in [9.17, 15) is 14.9 Å². The van der Waals surface area contributed by atoms with E-state index in [-0.39, 0.29) is 17.6 Å². The van der Waals surface area contributed by atoms with Crippen LogP contribution in [-0.2, 0) is 6.54 Å². The van der Waals surface area contributed by atoms with Gasteiger partial charge in [-0.3, -0.25) is 14.9 Å². The molecular weight excluding hydrogens is 346 g/mol. The molecule has 1 aliphatic rings. The predicted molar refractivity (Wildman–Crippen MR) is 101 cm³/mol. The number of nitrogens with zero attached hydrogens (tertiary/aromatic N) is 2. The van der Waals surface area contributed by atoms with Crippen LogP contribution in [0.4, 0.5) is 5.69 Å². The van der Waals surface area contributed by atoms with E-state index in [0.29, 0.717) is 17.8 Å². The molecule has 2 heterocycles. The van der Waals surface area contributed by atoms with E-state index >= 15 is 0 Å². The van der Waals surface area contributed by atoms with Crippen LogP contribution in [0.25, 0.3) is 11.1 Å². The minimum absolute atomic E-state index is 0.0382. The third-order valence-corrected chi connectivity index (χ3v) is 5.16. The molecule has 0 bridgehead atoms. The van der Waals surface area contributed by atoms with Gasteiger partial charge in [-0.25, -0.2) is 0 Å². The number of carbonyl (C=O) groups excluding carboxylic acids is 1. The molecule has 0 unspecified atom stereocenters. The van der Waals surface area contributed by atoms with Crippen LogP contribution in [0, 0.1) is 10.1 Å². The SMILES string of the molecule is O=C(NC1CCCCC1)c1cc2occc2n1Cc1cccc([N+](=O)[O-])c1. The quantitative estimate of drug-likeness (QED) is 0.539. The van der Waals surface area contributed by atoms with Gasteiger partial charge in [0.15, 0.2) is 5.58 Å². The molecule has 0 spiro atoms. The Hall–Kier alpha value is -3.09. The molecule has 140 valence electrons. The number of amides is 1. The summed E-state index contributed by atoms with van der Waals surface area (Å²) in [4.78, 5) is 23.5. The fourth-order valence-corrected chi connectivity index (χ4v) is 3.79. The summed E-state index contributed by atoms with van der Waals surface area (Å²) in [6.07, 6.45) is 7.10. The monoisotopic (exact) mass is 367 g/mol. The highest BCUT2D eigenvalue weighted by molar-refractivity contribution is 5.97. The van der Waals surface area contributed by atoms with E-state index < -0.39 is 4.92 Å². The maximum absolute atomic E-state index is 12.9. The highest BCUT2D eigenvalue weighted by Crippen LogP contribution is 2.25. The van der Waals surface area contributed by atoms with Crippen LogP contribution >= 0.6 is 0 Å². The topological polar surface area (TPSA) is 90.3 Å². The van der Waals surface area contributed by atoms with Gasteiger partial charge < -0.3 is 14.3 Å². The number of furan rings is 1. The zero-order valence-electron chi connectivity index (χ0n) is 14.9. The standard InChI is InChI=1S/C20H21N3O4/c24-20(21-15-6-2-1-3-7-15)18-12-19-17(9-10-27-19)22(18)13-14-5-4-8-16(11-14)23(25)26/h4-5,8-12,15H,1-3,6-7,13H2,(H,21,24). The number of fused-ring (bicyclic) bond motifs is 1. The van der Waals surface area contributed by atoms with Crippen molar-refractivity contribution in [2.24, 2.45) is 0 Å². The van der Waals surface area contributed by atoms with Crippen molar-refractivity contribution in [3.63, 3.8) is 0 Å². The number of non-ortho nitro benzene ring substituents is 1. The molecule has 1 saturated carbocycles. The van der Waals surface area contributed by atoms with Gasteiger partial charge in [0.1, 0.15) is 5.69 Å². The first-order valence-corrected chi connectivity index (χ1v) is 9.23. The Balaban J connectivity index is 1.64. The first kappa shape index (κ1) is 17.3. The molecule has 1 amide bonds. The van der Waals surface area contributed by atoms with E-state index in [0.717, 1.165) is 36.8 Å². The summed E-state index contributed by atoms with van der Waals surface area (Å²) < 4.78 is 7.33. The number of carbonyl (C=O) groups is 1. The van der Waals surface area contributed by atoms with Gasteiger partial charge in [-0.05, 0) is 18.4 Å². The number of benzene rings is 1. The number of nitrogens with one attached hydrogen (secondary N) is 1. The summed E-state index contributed by atoms with van der Waals surface area (Å²) in [5, 5.41) is 14.2. The molecule has 7 heteroatoms. The maximum atomic E-state index is 12.9. The summed E-state index contributed by atoms with van der Waals surface area (Å²) >= 11 is 0. The van der Waals surface area contributed by atoms with Gasteiger partial charge in [-0.2, -0.15) is 0 Å². The first-order valence-electron chi connectivity index (χ1n) is 9.23. The van der Waals surface area contributed by atoms with E-state index in [2.05, 4.69) is 5.32 Å². The van der Waals surface area contributed by atoms with Gasteiger partial charge in [-0.15, -0.1) is 0 Å². The number of aromatic nitrogens is 1. The van der Waals surface area contributed by atoms with Crippen molar-refractivity contribution >= 4 is 22.7 Å². The second kappa shape index (κ2) is 7.26. The van der Waals surface area contributed by atoms with Gasteiger partial charge in [0.05, 0.1) is 16.7 Å². The van der Waals surface area contributed by atoms with Gasteiger partial charge in [-0.1, -0.05) is 31.4 Å². The van der Waals surface area contributed by atoms with E-state index in [1.54, 1.807) is 18.4 Å². The minimum Gasteiger partial charge on any atom is -0.463 e. The summed E-state index contributed by atoms with van der Waals surface area (Å²) in [7, 11) is 0. The molecule has 0 saturated heterocycles. The van der Waals surface area contributed by atoms with Gasteiger partial charge >= 0.3 is 0 Å². The molecule has 3 aromatic rings. The van der Waals surface area contributed by atoms with Crippen LogP contribution < -0.4 is 5.32 Å². The smallest absolute Gasteiger partial charge is 0.269 e. The molecule has 0 radical (unpaired) electrons. The second-order valence-corrected chi connectivity index (χ2v) is 7.02. The van der Waals surface area contributed by atoms with Crippen molar-refractivity contribution < 1.29 is 14.1 Å². The van der Waals surface area contributed by atoms with Crippen LogP contribution in [0.3, 0.4) is 0 Å². The lowest BCUT2D eigenvalue weighted by Gasteiger charge is -2.23. The molecule has 27 heavy (non-hydrogen) atoms. The lowest BCUT2D eigenvalue weighted by molar-refractivity contribution is -0.384. The van der Waals surface area contributed by atoms with Crippen molar-refractivity contribution in [3.05, 3.63) is 64.0 Å². The third-order valence-electron chi connectivity index (χ3n) is 5.16. The van der Waals surface area contributed by atoms with Crippen LogP contribution in [0.15, 0.2) is 47.1 Å². The lowest BCUT2D eigenvalue weighted by Crippen LogP contribution is -2.37. The number of hydrogen-bond acceptors (Lipinski definition) is 4. The molecule has 0 aliphatic heterocycles. The van der Waals surface area contributed by atoms with Crippen LogP contribution in [0.2, 0.25) is 0 Å². The second-order valence-electron chi connectivity index (χ2n) is 7.02. The largest absolute Gasteiger partial charge is 0.463 e. The molecule has 0 atom stereocenters. The van der Waals surface area contributed by atoms with Gasteiger partial charge in [0, 0.05) is 36.9 Å². The normalized spacial score (nSPS) is 15.1. The van der Waals surface area contributed by atoms with Crippen molar-refractivity contribution in [1.82, 2.24) is 9.88 Å². The van der Waals surface area contributed by atoms with E-state index in [1.165, 1.54) is 18.6 Å². The van der Waals surface area contributed by atoms with Crippen LogP contribution in [-0.4, -0.2) is 21.4 Å². The molecule has 2 aromatic heterocycles. The van der Waals surface area contributed by atoms with Crippen molar-refractivity contribution in [1.29, 1.82) is 0 Å². The Kier molecular flexibility index (Phi) is 4.66. The number of nitro groups is 1. The summed E-state index contributed by atoms with van der Waals surface area (Å²) in [5.74, 6) is -0.126. The van der Waals surface area contributed by atoms with E-state index in [1.807, 2.05) is 16.7 Å². The zero-order chi connectivity index (χ0) is 18.8. The highest BCUT2D eigenvalue weighted by atomic mass is 16.6. The highest BCUT2D eigenvalue weighted by Gasteiger charge is 2.22. The molecule has 1 fully saturated rings. The average molecular weight is 367 g/mol. The number of rotatable bonds is 5. The fourth-order valence-electron chi connectivity index (χ4n) is 3.79. The summed E-state index contributed by atoms with van der Waals surface area (Å²) in [5.41, 5.74) is 2.75. The Bertz CT molecular complexity index is 982. The zero-order valence-corrected chi connectivity index (χ0v) is 14.9. The van der Waals surface area contributed by atoms with Gasteiger partial charge in [0.2, 0.25) is 0 Å². The maximum Gasteiger partial charge on any atom is 0.269 e. The molecule has 4 rings (SSSR count). The van der Waals surface area contributed by atoms with Crippen molar-refractivity contribution in [2.45, 2.75) is 44.7 Å². The van der Waals surface area contributed by atoms with Crippen LogP contribution in [0.5, 0.6) is 0 Å². The molecule has 1 N–H and O–H groups in total. The molecule has 1 aliphatic carbocycles. The Morgan fingerprint density at radius 1 is 1.22 bits per heavy atom. The minimum atomic E-state index is -0.413. The fraction of sp³-hybridized carbons (Fsp3) is 0.350. The van der Waals surface area contributed by atoms with Crippen molar-refractivity contribution in [2.75, 3.05) is 0 Å². The number of hydrogen-bond donors (Lipinski definition) is 1. The lowest BCUT2D eigenvalue weighted by atomic mass is 9.95. The first-order chi connectivity index (χ1) is 13.1.